The Hall–Kier alpha value is -1.22. The molecule has 0 aliphatic carbocycles. The smallest absolute Gasteiger partial charge is 0.337 e. The first-order chi connectivity index (χ1) is 7.13. The van der Waals surface area contributed by atoms with Gasteiger partial charge in [-0.1, -0.05) is 0 Å². The molecule has 0 saturated heterocycles. The highest BCUT2D eigenvalue weighted by Crippen LogP contribution is 2.13. The molecule has 0 aliphatic rings. The zero-order chi connectivity index (χ0) is 11.3. The van der Waals surface area contributed by atoms with E-state index in [2.05, 4.69) is 4.74 Å². The van der Waals surface area contributed by atoms with Gasteiger partial charge in [0.2, 0.25) is 0 Å². The summed E-state index contributed by atoms with van der Waals surface area (Å²) in [6, 6.07) is 6.73. The van der Waals surface area contributed by atoms with E-state index in [0.717, 1.165) is 0 Å². The predicted octanol–water partition coefficient (Wildman–Crippen LogP) is 2.48. The van der Waals surface area contributed by atoms with Gasteiger partial charge >= 0.3 is 5.97 Å². The lowest BCUT2D eigenvalue weighted by molar-refractivity contribution is 0.0600. The van der Waals surface area contributed by atoms with Crippen LogP contribution in [0.3, 0.4) is 0 Å². The maximum atomic E-state index is 11.1. The molecule has 1 aromatic rings. The first-order valence-electron chi connectivity index (χ1n) is 4.58. The quantitative estimate of drug-likeness (QED) is 0.587. The van der Waals surface area contributed by atoms with E-state index in [1.165, 1.54) is 7.11 Å². The molecule has 1 unspecified atom stereocenters. The van der Waals surface area contributed by atoms with Crippen LogP contribution in [-0.4, -0.2) is 25.1 Å². The molecule has 1 rings (SSSR count). The fourth-order valence-electron chi connectivity index (χ4n) is 1.02. The lowest BCUT2D eigenvalue weighted by Gasteiger charge is -2.07. The number of methoxy groups -OCH3 is 1. The standard InChI is InChI=1S/C11H13ClO3/c1-8(12)7-15-10-5-3-9(4-6-10)11(13)14-2/h3-6,8H,7H2,1-2H3. The largest absolute Gasteiger partial charge is 0.492 e. The minimum absolute atomic E-state index is 0.0368. The van der Waals surface area contributed by atoms with Crippen molar-refractivity contribution >= 4 is 17.6 Å². The van der Waals surface area contributed by atoms with Gasteiger partial charge in [-0.3, -0.25) is 0 Å². The number of hydrogen-bond acceptors (Lipinski definition) is 3. The molecule has 0 amide bonds. The van der Waals surface area contributed by atoms with Crippen LogP contribution in [0.25, 0.3) is 0 Å². The van der Waals surface area contributed by atoms with Gasteiger partial charge in [-0.15, -0.1) is 11.6 Å². The van der Waals surface area contributed by atoms with Crippen molar-refractivity contribution in [2.75, 3.05) is 13.7 Å². The van der Waals surface area contributed by atoms with Gasteiger partial charge in [0, 0.05) is 0 Å². The van der Waals surface area contributed by atoms with Crippen molar-refractivity contribution in [3.05, 3.63) is 29.8 Å². The van der Waals surface area contributed by atoms with E-state index in [-0.39, 0.29) is 11.3 Å². The summed E-state index contributed by atoms with van der Waals surface area (Å²) in [6.45, 7) is 2.30. The first kappa shape index (κ1) is 11.9. The summed E-state index contributed by atoms with van der Waals surface area (Å²) in [6.07, 6.45) is 0. The third-order valence-corrected chi connectivity index (χ3v) is 1.88. The van der Waals surface area contributed by atoms with E-state index in [1.807, 2.05) is 6.92 Å². The minimum atomic E-state index is -0.354. The average molecular weight is 229 g/mol. The molecule has 82 valence electrons. The molecule has 1 atom stereocenters. The van der Waals surface area contributed by atoms with Gasteiger partial charge < -0.3 is 9.47 Å². The van der Waals surface area contributed by atoms with Crippen molar-refractivity contribution in [3.8, 4) is 5.75 Å². The Kier molecular flexibility index (Phi) is 4.43. The molecular weight excluding hydrogens is 216 g/mol. The summed E-state index contributed by atoms with van der Waals surface area (Å²) in [5.74, 6) is 0.336. The summed E-state index contributed by atoms with van der Waals surface area (Å²) < 4.78 is 9.93. The van der Waals surface area contributed by atoms with E-state index >= 15 is 0 Å². The van der Waals surface area contributed by atoms with E-state index in [4.69, 9.17) is 16.3 Å². The number of carbonyl (C=O) groups is 1. The fraction of sp³-hybridized carbons (Fsp3) is 0.364. The highest BCUT2D eigenvalue weighted by Gasteiger charge is 2.04. The number of carbonyl (C=O) groups excluding carboxylic acids is 1. The van der Waals surface area contributed by atoms with Gasteiger partial charge in [0.1, 0.15) is 12.4 Å². The maximum absolute atomic E-state index is 11.1. The molecule has 4 heteroatoms. The van der Waals surface area contributed by atoms with Crippen LogP contribution in [0, 0.1) is 0 Å². The van der Waals surface area contributed by atoms with Crippen LogP contribution in [-0.2, 0) is 4.74 Å². The summed E-state index contributed by atoms with van der Waals surface area (Å²) >= 11 is 5.73. The molecule has 0 N–H and O–H groups in total. The normalized spacial score (nSPS) is 11.9. The second-order valence-electron chi connectivity index (χ2n) is 3.11. The number of hydrogen-bond donors (Lipinski definition) is 0. The van der Waals surface area contributed by atoms with Gasteiger partial charge in [-0.05, 0) is 31.2 Å². The third kappa shape index (κ3) is 3.80. The SMILES string of the molecule is COC(=O)c1ccc(OCC(C)Cl)cc1. The third-order valence-electron chi connectivity index (χ3n) is 1.76. The lowest BCUT2D eigenvalue weighted by Crippen LogP contribution is -2.07. The lowest BCUT2D eigenvalue weighted by atomic mass is 10.2. The molecule has 0 aliphatic heterocycles. The molecule has 1 aromatic carbocycles. The predicted molar refractivity (Wildman–Crippen MR) is 58.6 cm³/mol. The maximum Gasteiger partial charge on any atom is 0.337 e. The van der Waals surface area contributed by atoms with E-state index in [9.17, 15) is 4.79 Å². The van der Waals surface area contributed by atoms with Gasteiger partial charge in [0.25, 0.3) is 0 Å². The minimum Gasteiger partial charge on any atom is -0.492 e. The molecule has 3 nitrogen and oxygen atoms in total. The summed E-state index contributed by atoms with van der Waals surface area (Å²) in [4.78, 5) is 11.1. The number of ether oxygens (including phenoxy) is 2. The van der Waals surface area contributed by atoms with Crippen LogP contribution in [0.1, 0.15) is 17.3 Å². The molecule has 0 fully saturated rings. The molecule has 15 heavy (non-hydrogen) atoms. The molecule has 0 bridgehead atoms. The summed E-state index contributed by atoms with van der Waals surface area (Å²) in [5, 5.41) is -0.0368. The zero-order valence-electron chi connectivity index (χ0n) is 8.70. The molecule has 0 radical (unpaired) electrons. The Bertz CT molecular complexity index is 319. The van der Waals surface area contributed by atoms with Crippen LogP contribution in [0.15, 0.2) is 24.3 Å². The topological polar surface area (TPSA) is 35.5 Å². The Morgan fingerprint density at radius 1 is 1.40 bits per heavy atom. The van der Waals surface area contributed by atoms with Crippen LogP contribution in [0.4, 0.5) is 0 Å². The van der Waals surface area contributed by atoms with Gasteiger partial charge in [-0.25, -0.2) is 4.79 Å². The Morgan fingerprint density at radius 2 is 2.00 bits per heavy atom. The molecule has 0 spiro atoms. The fourth-order valence-corrected chi connectivity index (χ4v) is 1.08. The first-order valence-corrected chi connectivity index (χ1v) is 5.02. The number of alkyl halides is 1. The Balaban J connectivity index is 2.60. The number of rotatable bonds is 4. The van der Waals surface area contributed by atoms with Gasteiger partial charge in [-0.2, -0.15) is 0 Å². The van der Waals surface area contributed by atoms with Gasteiger partial charge in [0.05, 0.1) is 18.1 Å². The number of benzene rings is 1. The van der Waals surface area contributed by atoms with Crippen LogP contribution in [0.2, 0.25) is 0 Å². The van der Waals surface area contributed by atoms with Crippen molar-refractivity contribution in [2.45, 2.75) is 12.3 Å². The van der Waals surface area contributed by atoms with Crippen LogP contribution >= 0.6 is 11.6 Å². The highest BCUT2D eigenvalue weighted by molar-refractivity contribution is 6.20. The Morgan fingerprint density at radius 3 is 2.47 bits per heavy atom. The second kappa shape index (κ2) is 5.61. The molecular formula is C11H13ClO3. The van der Waals surface area contributed by atoms with Crippen molar-refractivity contribution in [3.63, 3.8) is 0 Å². The van der Waals surface area contributed by atoms with Crippen molar-refractivity contribution in [1.29, 1.82) is 0 Å². The van der Waals surface area contributed by atoms with Crippen molar-refractivity contribution in [1.82, 2.24) is 0 Å². The number of esters is 1. The zero-order valence-corrected chi connectivity index (χ0v) is 9.45. The van der Waals surface area contributed by atoms with E-state index in [0.29, 0.717) is 17.9 Å². The highest BCUT2D eigenvalue weighted by atomic mass is 35.5. The molecule has 0 heterocycles. The van der Waals surface area contributed by atoms with Crippen molar-refractivity contribution in [2.24, 2.45) is 0 Å². The second-order valence-corrected chi connectivity index (χ2v) is 3.85. The monoisotopic (exact) mass is 228 g/mol. The van der Waals surface area contributed by atoms with E-state index in [1.54, 1.807) is 24.3 Å². The molecule has 0 aromatic heterocycles. The van der Waals surface area contributed by atoms with Crippen molar-refractivity contribution < 1.29 is 14.3 Å². The summed E-state index contributed by atoms with van der Waals surface area (Å²) in [5.41, 5.74) is 0.503. The molecule has 0 saturated carbocycles. The Labute approximate surface area is 93.9 Å². The van der Waals surface area contributed by atoms with Crippen LogP contribution in [0.5, 0.6) is 5.75 Å². The summed E-state index contributed by atoms with van der Waals surface area (Å²) in [7, 11) is 1.35. The van der Waals surface area contributed by atoms with Crippen LogP contribution < -0.4 is 4.74 Å². The number of halogens is 1. The van der Waals surface area contributed by atoms with E-state index < -0.39 is 0 Å². The van der Waals surface area contributed by atoms with Gasteiger partial charge in [0.15, 0.2) is 0 Å². The average Bonchev–Trinajstić information content (AvgIpc) is 2.26.